The van der Waals surface area contributed by atoms with Crippen LogP contribution in [0.3, 0.4) is 0 Å². The van der Waals surface area contributed by atoms with Gasteiger partial charge in [-0.2, -0.15) is 0 Å². The van der Waals surface area contributed by atoms with Crippen LogP contribution in [0.25, 0.3) is 10.6 Å². The number of rotatable bonds is 3. The highest BCUT2D eigenvalue weighted by Gasteiger charge is 2.40. The number of fused-ring (bicyclic) bond motifs is 1. The first kappa shape index (κ1) is 14.8. The van der Waals surface area contributed by atoms with Crippen molar-refractivity contribution in [1.82, 2.24) is 9.88 Å². The van der Waals surface area contributed by atoms with E-state index in [1.807, 2.05) is 6.07 Å². The van der Waals surface area contributed by atoms with Gasteiger partial charge in [0.15, 0.2) is 0 Å². The number of aromatic nitrogens is 1. The Morgan fingerprint density at radius 3 is 3.05 bits per heavy atom. The first-order valence-corrected chi connectivity index (χ1v) is 9.54. The largest absolute Gasteiger partial charge is 0.327 e. The van der Waals surface area contributed by atoms with Gasteiger partial charge in [0.05, 0.1) is 5.69 Å². The van der Waals surface area contributed by atoms with Crippen molar-refractivity contribution in [2.45, 2.75) is 25.4 Å². The quantitative estimate of drug-likeness (QED) is 0.885. The number of hydrogen-bond donors (Lipinski definition) is 1. The van der Waals surface area contributed by atoms with Crippen molar-refractivity contribution in [3.8, 4) is 10.6 Å². The predicted octanol–water partition coefficient (Wildman–Crippen LogP) is 3.74. The van der Waals surface area contributed by atoms with Crippen LogP contribution in [0.2, 0.25) is 0 Å². The van der Waals surface area contributed by atoms with Crippen LogP contribution >= 0.6 is 27.3 Å². The Balaban J connectivity index is 1.45. The molecule has 0 radical (unpaired) electrons. The summed E-state index contributed by atoms with van der Waals surface area (Å²) >= 11 is 5.26. The molecule has 0 bridgehead atoms. The van der Waals surface area contributed by atoms with E-state index in [2.05, 4.69) is 44.4 Å². The maximum atomic E-state index is 6.23. The summed E-state index contributed by atoms with van der Waals surface area (Å²) in [4.78, 5) is 7.36. The smallest absolute Gasteiger partial charge is 0.123 e. The van der Waals surface area contributed by atoms with Gasteiger partial charge >= 0.3 is 0 Å². The summed E-state index contributed by atoms with van der Waals surface area (Å²) < 4.78 is 1.10. The molecule has 0 spiro atoms. The topological polar surface area (TPSA) is 42.1 Å². The molecule has 0 unspecified atom stereocenters. The lowest BCUT2D eigenvalue weighted by Gasteiger charge is -2.17. The van der Waals surface area contributed by atoms with Gasteiger partial charge in [0, 0.05) is 41.1 Å². The monoisotopic (exact) mass is 377 g/mol. The van der Waals surface area contributed by atoms with Gasteiger partial charge in [-0.05, 0) is 36.8 Å². The fourth-order valence-corrected chi connectivity index (χ4v) is 5.10. The lowest BCUT2D eigenvalue weighted by atomic mass is 9.98. The molecule has 5 heteroatoms. The van der Waals surface area contributed by atoms with Crippen LogP contribution in [0.5, 0.6) is 0 Å². The Hall–Kier alpha value is -0.750. The Labute approximate surface area is 143 Å². The molecule has 0 amide bonds. The second-order valence-electron chi connectivity index (χ2n) is 6.51. The van der Waals surface area contributed by atoms with E-state index in [9.17, 15) is 0 Å². The Morgan fingerprint density at radius 2 is 2.23 bits per heavy atom. The summed E-state index contributed by atoms with van der Waals surface area (Å²) in [6, 6.07) is 8.77. The third-order valence-corrected chi connectivity index (χ3v) is 6.43. The highest BCUT2D eigenvalue weighted by molar-refractivity contribution is 9.10. The molecular weight excluding hydrogens is 358 g/mol. The Bertz CT molecular complexity index is 671. The fraction of sp³-hybridized carbons (Fsp3) is 0.471. The third-order valence-electron chi connectivity index (χ3n) is 5.00. The number of hydrogen-bond acceptors (Lipinski definition) is 4. The first-order valence-electron chi connectivity index (χ1n) is 7.87. The fourth-order valence-electron chi connectivity index (χ4n) is 3.89. The van der Waals surface area contributed by atoms with Crippen LogP contribution in [0, 0.1) is 11.8 Å². The normalized spacial score (nSPS) is 28.2. The highest BCUT2D eigenvalue weighted by atomic mass is 79.9. The molecule has 22 heavy (non-hydrogen) atoms. The average molecular weight is 378 g/mol. The van der Waals surface area contributed by atoms with Gasteiger partial charge in [0.2, 0.25) is 0 Å². The summed E-state index contributed by atoms with van der Waals surface area (Å²) in [6.07, 6.45) is 2.52. The molecule has 1 aliphatic carbocycles. The molecule has 1 aromatic heterocycles. The van der Waals surface area contributed by atoms with Gasteiger partial charge in [0.1, 0.15) is 5.01 Å². The lowest BCUT2D eigenvalue weighted by molar-refractivity contribution is 0.295. The molecule has 2 aromatic rings. The van der Waals surface area contributed by atoms with Crippen LogP contribution in [0.1, 0.15) is 18.5 Å². The zero-order valence-electron chi connectivity index (χ0n) is 12.4. The predicted molar refractivity (Wildman–Crippen MR) is 94.7 cm³/mol. The summed E-state index contributed by atoms with van der Waals surface area (Å²) in [7, 11) is 0. The number of likely N-dealkylation sites (tertiary alicyclic amines) is 1. The van der Waals surface area contributed by atoms with Gasteiger partial charge in [0.25, 0.3) is 0 Å². The molecular formula is C17H20BrN3S. The lowest BCUT2D eigenvalue weighted by Crippen LogP contribution is -2.30. The van der Waals surface area contributed by atoms with Gasteiger partial charge in [-0.3, -0.25) is 4.90 Å². The van der Waals surface area contributed by atoms with E-state index in [4.69, 9.17) is 10.7 Å². The van der Waals surface area contributed by atoms with Gasteiger partial charge < -0.3 is 5.73 Å². The highest BCUT2D eigenvalue weighted by Crippen LogP contribution is 2.37. The minimum Gasteiger partial charge on any atom is -0.327 e. The third kappa shape index (κ3) is 2.87. The van der Waals surface area contributed by atoms with Gasteiger partial charge in [-0.1, -0.05) is 28.1 Å². The van der Waals surface area contributed by atoms with Crippen molar-refractivity contribution in [3.05, 3.63) is 39.8 Å². The first-order chi connectivity index (χ1) is 10.7. The van der Waals surface area contributed by atoms with Crippen molar-refractivity contribution in [2.24, 2.45) is 17.6 Å². The SMILES string of the molecule is N[C@@H]1CC[C@H]2CN(Cc3csc(-c4cccc(Br)c4)n3)C[C@H]21. The standard InChI is InChI=1S/C17H20BrN3S/c18-13-3-1-2-11(6-13)17-20-14(10-22-17)8-21-7-12-4-5-16(19)15(12)9-21/h1-3,6,10,12,15-16H,4-5,7-9,19H2/t12-,15+,16+/m0/s1. The van der Waals surface area contributed by atoms with E-state index in [0.29, 0.717) is 12.0 Å². The summed E-state index contributed by atoms with van der Waals surface area (Å²) in [5.41, 5.74) is 8.60. The van der Waals surface area contributed by atoms with Crippen LogP contribution in [0.4, 0.5) is 0 Å². The summed E-state index contributed by atoms with van der Waals surface area (Å²) in [5, 5.41) is 3.30. The van der Waals surface area contributed by atoms with Crippen LogP contribution < -0.4 is 5.73 Å². The number of thiazole rings is 1. The molecule has 3 nitrogen and oxygen atoms in total. The van der Waals surface area contributed by atoms with Crippen molar-refractivity contribution < 1.29 is 0 Å². The Kier molecular flexibility index (Phi) is 4.07. The molecule has 4 rings (SSSR count). The Morgan fingerprint density at radius 1 is 1.32 bits per heavy atom. The molecule has 2 heterocycles. The molecule has 3 atom stereocenters. The minimum atomic E-state index is 0.419. The van der Waals surface area contributed by atoms with E-state index in [1.165, 1.54) is 30.6 Å². The van der Waals surface area contributed by atoms with E-state index in [1.54, 1.807) is 11.3 Å². The molecule has 1 aromatic carbocycles. The molecule has 1 aliphatic heterocycles. The van der Waals surface area contributed by atoms with Gasteiger partial charge in [-0.25, -0.2) is 4.98 Å². The van der Waals surface area contributed by atoms with E-state index in [0.717, 1.165) is 28.5 Å². The van der Waals surface area contributed by atoms with E-state index < -0.39 is 0 Å². The molecule has 116 valence electrons. The number of halogens is 1. The van der Waals surface area contributed by atoms with Crippen LogP contribution in [0.15, 0.2) is 34.1 Å². The summed E-state index contributed by atoms with van der Waals surface area (Å²) in [5.74, 6) is 1.53. The van der Waals surface area contributed by atoms with Crippen molar-refractivity contribution in [1.29, 1.82) is 0 Å². The second kappa shape index (κ2) is 6.04. The number of nitrogens with zero attached hydrogens (tertiary/aromatic N) is 2. The van der Waals surface area contributed by atoms with Crippen LogP contribution in [-0.2, 0) is 6.54 Å². The minimum absolute atomic E-state index is 0.419. The maximum absolute atomic E-state index is 6.23. The average Bonchev–Trinajstić information content (AvgIpc) is 3.18. The van der Waals surface area contributed by atoms with Gasteiger partial charge in [-0.15, -0.1) is 11.3 Å². The van der Waals surface area contributed by atoms with E-state index >= 15 is 0 Å². The van der Waals surface area contributed by atoms with E-state index in [-0.39, 0.29) is 0 Å². The van der Waals surface area contributed by atoms with Crippen molar-refractivity contribution in [3.63, 3.8) is 0 Å². The maximum Gasteiger partial charge on any atom is 0.123 e. The molecule has 2 N–H and O–H groups in total. The molecule has 2 fully saturated rings. The zero-order valence-corrected chi connectivity index (χ0v) is 14.8. The van der Waals surface area contributed by atoms with Crippen LogP contribution in [-0.4, -0.2) is 29.0 Å². The molecule has 1 saturated heterocycles. The van der Waals surface area contributed by atoms with Crippen molar-refractivity contribution >= 4 is 27.3 Å². The number of nitrogens with two attached hydrogens (primary N) is 1. The zero-order chi connectivity index (χ0) is 15.1. The summed E-state index contributed by atoms with van der Waals surface area (Å²) in [6.45, 7) is 3.31. The molecule has 2 aliphatic rings. The second-order valence-corrected chi connectivity index (χ2v) is 8.29. The van der Waals surface area contributed by atoms with Crippen molar-refractivity contribution in [2.75, 3.05) is 13.1 Å². The number of benzene rings is 1. The molecule has 1 saturated carbocycles.